The quantitative estimate of drug-likeness (QED) is 0.694. The zero-order chi connectivity index (χ0) is 14.5. The van der Waals surface area contributed by atoms with E-state index in [9.17, 15) is 0 Å². The van der Waals surface area contributed by atoms with Crippen molar-refractivity contribution in [2.75, 3.05) is 0 Å². The Morgan fingerprint density at radius 1 is 0.952 bits per heavy atom. The van der Waals surface area contributed by atoms with E-state index in [2.05, 4.69) is 39.4 Å². The van der Waals surface area contributed by atoms with Crippen molar-refractivity contribution in [2.24, 2.45) is 7.05 Å². The molecule has 2 aromatic heterocycles. The minimum absolute atomic E-state index is 0.867. The van der Waals surface area contributed by atoms with Crippen LogP contribution >= 0.6 is 0 Å². The van der Waals surface area contributed by atoms with Gasteiger partial charge in [0.2, 0.25) is 0 Å². The monoisotopic (exact) mass is 281 g/mol. The van der Waals surface area contributed by atoms with Crippen LogP contribution in [0.1, 0.15) is 17.0 Å². The fraction of sp³-hybridized carbons (Fsp3) is 0.312. The van der Waals surface area contributed by atoms with Gasteiger partial charge in [0.25, 0.3) is 0 Å². The van der Waals surface area contributed by atoms with Gasteiger partial charge in [0.15, 0.2) is 0 Å². The third-order valence-electron chi connectivity index (χ3n) is 3.55. The smallest absolute Gasteiger partial charge is 0.138 e. The zero-order valence-electron chi connectivity index (χ0n) is 12.2. The van der Waals surface area contributed by atoms with Crippen molar-refractivity contribution in [1.82, 2.24) is 24.5 Å². The summed E-state index contributed by atoms with van der Waals surface area (Å²) >= 11 is 0. The number of rotatable bonds is 6. The summed E-state index contributed by atoms with van der Waals surface area (Å²) in [4.78, 5) is 4.37. The predicted octanol–water partition coefficient (Wildman–Crippen LogP) is 2.04. The van der Waals surface area contributed by atoms with E-state index >= 15 is 0 Å². The fourth-order valence-corrected chi connectivity index (χ4v) is 2.41. The number of nitrogens with zero attached hydrogens (tertiary/aromatic N) is 5. The van der Waals surface area contributed by atoms with E-state index in [1.54, 1.807) is 6.33 Å². The topological polar surface area (TPSA) is 48.5 Å². The van der Waals surface area contributed by atoms with E-state index in [0.29, 0.717) is 0 Å². The van der Waals surface area contributed by atoms with E-state index in [-0.39, 0.29) is 0 Å². The van der Waals surface area contributed by atoms with Crippen LogP contribution in [0, 0.1) is 0 Å². The van der Waals surface area contributed by atoms with E-state index in [0.717, 1.165) is 31.6 Å². The van der Waals surface area contributed by atoms with Crippen LogP contribution in [0.5, 0.6) is 0 Å². The second-order valence-electron chi connectivity index (χ2n) is 5.16. The first-order valence-electron chi connectivity index (χ1n) is 7.19. The van der Waals surface area contributed by atoms with Crippen LogP contribution in [0.25, 0.3) is 0 Å². The molecule has 0 N–H and O–H groups in total. The van der Waals surface area contributed by atoms with Crippen LogP contribution in [0.3, 0.4) is 0 Å². The Labute approximate surface area is 124 Å². The minimum atomic E-state index is 0.867. The second kappa shape index (κ2) is 6.35. The Hall–Kier alpha value is -2.43. The van der Waals surface area contributed by atoms with Crippen molar-refractivity contribution in [3.8, 4) is 0 Å². The van der Waals surface area contributed by atoms with E-state index < -0.39 is 0 Å². The average Bonchev–Trinajstić information content (AvgIpc) is 3.12. The normalized spacial score (nSPS) is 10.9. The summed E-state index contributed by atoms with van der Waals surface area (Å²) in [6, 6.07) is 10.5. The van der Waals surface area contributed by atoms with Gasteiger partial charge in [-0.2, -0.15) is 10.2 Å². The molecule has 0 aliphatic heterocycles. The minimum Gasteiger partial charge on any atom is -0.276 e. The van der Waals surface area contributed by atoms with Crippen molar-refractivity contribution in [3.05, 3.63) is 66.0 Å². The van der Waals surface area contributed by atoms with Crippen molar-refractivity contribution in [3.63, 3.8) is 0 Å². The number of hydrogen-bond acceptors (Lipinski definition) is 3. The Balaban J connectivity index is 1.58. The summed E-state index contributed by atoms with van der Waals surface area (Å²) in [5, 5.41) is 8.52. The van der Waals surface area contributed by atoms with Crippen LogP contribution in [0.2, 0.25) is 0 Å². The highest BCUT2D eigenvalue weighted by Crippen LogP contribution is 2.06. The maximum atomic E-state index is 4.37. The fourth-order valence-electron chi connectivity index (χ4n) is 2.41. The van der Waals surface area contributed by atoms with Crippen LogP contribution in [-0.2, 0) is 32.9 Å². The molecule has 3 aromatic rings. The van der Waals surface area contributed by atoms with Crippen molar-refractivity contribution < 1.29 is 0 Å². The molecule has 0 unspecified atom stereocenters. The highest BCUT2D eigenvalue weighted by Gasteiger charge is 2.06. The second-order valence-corrected chi connectivity index (χ2v) is 5.16. The molecule has 0 radical (unpaired) electrons. The Morgan fingerprint density at radius 2 is 1.81 bits per heavy atom. The number of benzene rings is 1. The van der Waals surface area contributed by atoms with Gasteiger partial charge >= 0.3 is 0 Å². The molecule has 2 heterocycles. The van der Waals surface area contributed by atoms with Crippen LogP contribution in [0.15, 0.2) is 49.1 Å². The molecule has 0 bridgehead atoms. The Bertz CT molecular complexity index is 684. The first-order valence-corrected chi connectivity index (χ1v) is 7.19. The molecule has 0 fully saturated rings. The first kappa shape index (κ1) is 13.5. The van der Waals surface area contributed by atoms with Gasteiger partial charge < -0.3 is 0 Å². The largest absolute Gasteiger partial charge is 0.276 e. The first-order chi connectivity index (χ1) is 10.3. The molecule has 0 aliphatic carbocycles. The lowest BCUT2D eigenvalue weighted by molar-refractivity contribution is 0.576. The summed E-state index contributed by atoms with van der Waals surface area (Å²) in [7, 11) is 1.94. The summed E-state index contributed by atoms with van der Waals surface area (Å²) in [5.74, 6) is 1.04. The number of aromatic nitrogens is 5. The third-order valence-corrected chi connectivity index (χ3v) is 3.55. The van der Waals surface area contributed by atoms with Crippen LogP contribution in [0.4, 0.5) is 0 Å². The van der Waals surface area contributed by atoms with E-state index in [1.807, 2.05) is 34.9 Å². The standard InChI is InChI=1S/C16H19N5/c1-20-12-15(11-18-20)7-8-16-17-13-19-21(16)10-9-14-5-3-2-4-6-14/h2-6,11-13H,7-10H2,1H3. The molecule has 3 rings (SSSR count). The SMILES string of the molecule is Cn1cc(CCc2ncnn2CCc2ccccc2)cn1. The van der Waals surface area contributed by atoms with Gasteiger partial charge in [-0.1, -0.05) is 30.3 Å². The average molecular weight is 281 g/mol. The molecule has 1 aromatic carbocycles. The molecule has 5 nitrogen and oxygen atoms in total. The van der Waals surface area contributed by atoms with Gasteiger partial charge in [0, 0.05) is 26.2 Å². The lowest BCUT2D eigenvalue weighted by atomic mass is 10.1. The van der Waals surface area contributed by atoms with E-state index in [1.165, 1.54) is 11.1 Å². The maximum absolute atomic E-state index is 4.37. The van der Waals surface area contributed by atoms with Gasteiger partial charge in [-0.15, -0.1) is 0 Å². The zero-order valence-corrected chi connectivity index (χ0v) is 12.2. The summed E-state index contributed by atoms with van der Waals surface area (Å²) in [6.45, 7) is 0.867. The molecule has 108 valence electrons. The Morgan fingerprint density at radius 3 is 2.57 bits per heavy atom. The summed E-state index contributed by atoms with van der Waals surface area (Å²) < 4.78 is 3.83. The Kier molecular flexibility index (Phi) is 4.09. The van der Waals surface area contributed by atoms with Gasteiger partial charge in [0.05, 0.1) is 6.20 Å². The third kappa shape index (κ3) is 3.56. The molecule has 21 heavy (non-hydrogen) atoms. The predicted molar refractivity (Wildman–Crippen MR) is 80.8 cm³/mol. The van der Waals surface area contributed by atoms with Crippen molar-refractivity contribution in [1.29, 1.82) is 0 Å². The lowest BCUT2D eigenvalue weighted by Gasteiger charge is -2.05. The van der Waals surface area contributed by atoms with Gasteiger partial charge in [0.1, 0.15) is 12.2 Å². The van der Waals surface area contributed by atoms with Crippen LogP contribution < -0.4 is 0 Å². The molecule has 0 aliphatic rings. The molecular formula is C16H19N5. The van der Waals surface area contributed by atoms with Crippen LogP contribution in [-0.4, -0.2) is 24.5 Å². The molecular weight excluding hydrogens is 262 g/mol. The van der Waals surface area contributed by atoms with Gasteiger partial charge in [-0.25, -0.2) is 9.67 Å². The highest BCUT2D eigenvalue weighted by atomic mass is 15.3. The molecule has 0 amide bonds. The molecule has 0 saturated carbocycles. The van der Waals surface area contributed by atoms with Crippen molar-refractivity contribution >= 4 is 0 Å². The molecule has 5 heteroatoms. The van der Waals surface area contributed by atoms with E-state index in [4.69, 9.17) is 0 Å². The summed E-state index contributed by atoms with van der Waals surface area (Å²) in [6.07, 6.45) is 8.40. The number of hydrogen-bond donors (Lipinski definition) is 0. The van der Waals surface area contributed by atoms with Gasteiger partial charge in [-0.05, 0) is 24.0 Å². The summed E-state index contributed by atoms with van der Waals surface area (Å²) in [5.41, 5.74) is 2.56. The molecule has 0 spiro atoms. The molecule has 0 atom stereocenters. The number of aryl methyl sites for hydroxylation is 5. The highest BCUT2D eigenvalue weighted by molar-refractivity contribution is 5.14. The van der Waals surface area contributed by atoms with Crippen molar-refractivity contribution in [2.45, 2.75) is 25.8 Å². The molecule has 0 saturated heterocycles. The lowest BCUT2D eigenvalue weighted by Crippen LogP contribution is -2.09. The van der Waals surface area contributed by atoms with Gasteiger partial charge in [-0.3, -0.25) is 4.68 Å². The maximum Gasteiger partial charge on any atom is 0.138 e.